The largest absolute Gasteiger partial charge is 0.481 e. The molecule has 0 radical (unpaired) electrons. The number of carboxylic acids is 1. The number of benzene rings is 1. The highest BCUT2D eigenvalue weighted by Crippen LogP contribution is 2.35. The summed E-state index contributed by atoms with van der Waals surface area (Å²) in [6.07, 6.45) is -0.883. The van der Waals surface area contributed by atoms with Crippen molar-refractivity contribution < 1.29 is 24.2 Å². The van der Waals surface area contributed by atoms with Crippen LogP contribution in [0.15, 0.2) is 18.2 Å². The number of hydrogen-bond acceptors (Lipinski definition) is 4. The molecule has 1 aromatic rings. The highest BCUT2D eigenvalue weighted by atomic mass is 35.5. The molecular formula is C14H14ClNO5. The second-order valence-corrected chi connectivity index (χ2v) is 4.90. The lowest BCUT2D eigenvalue weighted by Crippen LogP contribution is -2.45. The number of rotatable bonds is 5. The predicted octanol–water partition coefficient (Wildman–Crippen LogP) is 1.70. The van der Waals surface area contributed by atoms with E-state index in [1.165, 1.54) is 11.0 Å². The quantitative estimate of drug-likeness (QED) is 0.661. The van der Waals surface area contributed by atoms with Crippen LogP contribution in [-0.4, -0.2) is 41.3 Å². The Kier molecular flexibility index (Phi) is 4.47. The Balaban J connectivity index is 2.39. The zero-order valence-corrected chi connectivity index (χ0v) is 12.1. The number of aliphatic carboxylic acids is 1. The van der Waals surface area contributed by atoms with Gasteiger partial charge in [0.1, 0.15) is 5.75 Å². The molecule has 1 N–H and O–H groups in total. The van der Waals surface area contributed by atoms with Gasteiger partial charge in [-0.15, -0.1) is 11.6 Å². The standard InChI is InChI=1S/C14H14ClNO5/c1-8-14(20)16(5-4-13(18)19)10-6-9(11(17)7-15)2-3-12(10)21-8/h2-3,6,8H,4-5,7H2,1H3,(H,18,19). The van der Waals surface area contributed by atoms with Crippen molar-refractivity contribution in [3.8, 4) is 5.75 Å². The number of carboxylic acid groups (broad SMARTS) is 1. The number of amides is 1. The summed E-state index contributed by atoms with van der Waals surface area (Å²) in [5, 5.41) is 8.78. The van der Waals surface area contributed by atoms with Crippen LogP contribution >= 0.6 is 11.6 Å². The Labute approximate surface area is 126 Å². The van der Waals surface area contributed by atoms with Crippen molar-refractivity contribution in [2.24, 2.45) is 0 Å². The molecule has 0 fully saturated rings. The monoisotopic (exact) mass is 311 g/mol. The van der Waals surface area contributed by atoms with E-state index in [1.54, 1.807) is 19.1 Å². The summed E-state index contributed by atoms with van der Waals surface area (Å²) in [5.41, 5.74) is 0.755. The number of anilines is 1. The van der Waals surface area contributed by atoms with Crippen LogP contribution in [0.2, 0.25) is 0 Å². The van der Waals surface area contributed by atoms with Crippen LogP contribution in [0.4, 0.5) is 5.69 Å². The number of ketones is 1. The molecular weight excluding hydrogens is 298 g/mol. The van der Waals surface area contributed by atoms with Gasteiger partial charge in [-0.3, -0.25) is 14.4 Å². The van der Waals surface area contributed by atoms with E-state index in [9.17, 15) is 14.4 Å². The summed E-state index contributed by atoms with van der Waals surface area (Å²) in [4.78, 5) is 35.9. The number of fused-ring (bicyclic) bond motifs is 1. The third kappa shape index (κ3) is 3.16. The van der Waals surface area contributed by atoms with Gasteiger partial charge in [-0.1, -0.05) is 0 Å². The van der Waals surface area contributed by atoms with Crippen LogP contribution in [0.25, 0.3) is 0 Å². The Morgan fingerprint density at radius 2 is 2.14 bits per heavy atom. The number of alkyl halides is 1. The van der Waals surface area contributed by atoms with Gasteiger partial charge < -0.3 is 14.7 Å². The maximum atomic E-state index is 12.1. The lowest BCUT2D eigenvalue weighted by Gasteiger charge is -2.33. The Morgan fingerprint density at radius 1 is 1.43 bits per heavy atom. The number of carbonyl (C=O) groups is 3. The molecule has 1 aliphatic rings. The minimum Gasteiger partial charge on any atom is -0.481 e. The lowest BCUT2D eigenvalue weighted by atomic mass is 10.1. The number of carbonyl (C=O) groups excluding carboxylic acids is 2. The van der Waals surface area contributed by atoms with Crippen LogP contribution in [0, 0.1) is 0 Å². The summed E-state index contributed by atoms with van der Waals surface area (Å²) in [6, 6.07) is 4.67. The second-order valence-electron chi connectivity index (χ2n) is 4.63. The first-order chi connectivity index (χ1) is 9.93. The van der Waals surface area contributed by atoms with Crippen molar-refractivity contribution in [2.75, 3.05) is 17.3 Å². The van der Waals surface area contributed by atoms with E-state index in [4.69, 9.17) is 21.4 Å². The van der Waals surface area contributed by atoms with E-state index in [2.05, 4.69) is 0 Å². The van der Waals surface area contributed by atoms with E-state index in [0.717, 1.165) is 0 Å². The van der Waals surface area contributed by atoms with Crippen molar-refractivity contribution >= 4 is 34.9 Å². The molecule has 0 aliphatic carbocycles. The minimum atomic E-state index is -1.00. The molecule has 2 rings (SSSR count). The maximum Gasteiger partial charge on any atom is 0.305 e. The summed E-state index contributed by atoms with van der Waals surface area (Å²) in [7, 11) is 0. The first-order valence-electron chi connectivity index (χ1n) is 6.37. The first kappa shape index (κ1) is 15.3. The Bertz CT molecular complexity index is 601. The van der Waals surface area contributed by atoms with Crippen molar-refractivity contribution in [2.45, 2.75) is 19.4 Å². The highest BCUT2D eigenvalue weighted by molar-refractivity contribution is 6.30. The number of ether oxygens (including phenoxy) is 1. The molecule has 21 heavy (non-hydrogen) atoms. The van der Waals surface area contributed by atoms with Crippen LogP contribution in [0.5, 0.6) is 5.75 Å². The van der Waals surface area contributed by atoms with E-state index in [0.29, 0.717) is 17.0 Å². The molecule has 1 aromatic carbocycles. The smallest absolute Gasteiger partial charge is 0.305 e. The average molecular weight is 312 g/mol. The van der Waals surface area contributed by atoms with E-state index in [-0.39, 0.29) is 30.5 Å². The Hall–Kier alpha value is -2.08. The van der Waals surface area contributed by atoms with E-state index >= 15 is 0 Å². The summed E-state index contributed by atoms with van der Waals surface area (Å²) in [5.74, 6) is -1.34. The molecule has 0 bridgehead atoms. The maximum absolute atomic E-state index is 12.1. The van der Waals surface area contributed by atoms with Gasteiger partial charge in [-0.25, -0.2) is 0 Å². The van der Waals surface area contributed by atoms with Gasteiger partial charge in [0.15, 0.2) is 11.9 Å². The molecule has 1 amide bonds. The second kappa shape index (κ2) is 6.13. The number of halogens is 1. The average Bonchev–Trinajstić information content (AvgIpc) is 2.46. The molecule has 0 aromatic heterocycles. The van der Waals surface area contributed by atoms with Crippen molar-refractivity contribution in [3.63, 3.8) is 0 Å². The molecule has 1 atom stereocenters. The number of nitrogens with zero attached hydrogens (tertiary/aromatic N) is 1. The fourth-order valence-corrected chi connectivity index (χ4v) is 2.25. The van der Waals surface area contributed by atoms with Gasteiger partial charge in [-0.2, -0.15) is 0 Å². The van der Waals surface area contributed by atoms with Crippen LogP contribution < -0.4 is 9.64 Å². The van der Waals surface area contributed by atoms with Crippen LogP contribution in [0.3, 0.4) is 0 Å². The molecule has 6 nitrogen and oxygen atoms in total. The fourth-order valence-electron chi connectivity index (χ4n) is 2.10. The molecule has 0 saturated heterocycles. The van der Waals surface area contributed by atoms with Crippen molar-refractivity contribution in [1.29, 1.82) is 0 Å². The van der Waals surface area contributed by atoms with Crippen molar-refractivity contribution in [1.82, 2.24) is 0 Å². The molecule has 0 spiro atoms. The minimum absolute atomic E-state index is 0.0212. The van der Waals surface area contributed by atoms with Crippen LogP contribution in [0.1, 0.15) is 23.7 Å². The lowest BCUT2D eigenvalue weighted by molar-refractivity contribution is -0.136. The number of hydrogen-bond donors (Lipinski definition) is 1. The van der Waals surface area contributed by atoms with Gasteiger partial charge in [0.05, 0.1) is 18.0 Å². The van der Waals surface area contributed by atoms with Gasteiger partial charge >= 0.3 is 5.97 Å². The fraction of sp³-hybridized carbons (Fsp3) is 0.357. The molecule has 0 saturated carbocycles. The topological polar surface area (TPSA) is 83.9 Å². The van der Waals surface area contributed by atoms with Gasteiger partial charge in [-0.05, 0) is 25.1 Å². The van der Waals surface area contributed by atoms with Gasteiger partial charge in [0.2, 0.25) is 0 Å². The summed E-state index contributed by atoms with van der Waals surface area (Å²) >= 11 is 5.52. The van der Waals surface area contributed by atoms with E-state index < -0.39 is 12.1 Å². The third-order valence-electron chi connectivity index (χ3n) is 3.16. The number of Topliss-reactive ketones (excluding diaryl/α,β-unsaturated/α-hetero) is 1. The highest BCUT2D eigenvalue weighted by Gasteiger charge is 2.32. The van der Waals surface area contributed by atoms with E-state index in [1.807, 2.05) is 0 Å². The molecule has 112 valence electrons. The first-order valence-corrected chi connectivity index (χ1v) is 6.90. The molecule has 1 unspecified atom stereocenters. The third-order valence-corrected chi connectivity index (χ3v) is 3.40. The SMILES string of the molecule is CC1Oc2ccc(C(=O)CCl)cc2N(CCC(=O)O)C1=O. The zero-order chi connectivity index (χ0) is 15.6. The normalized spacial score (nSPS) is 17.1. The summed E-state index contributed by atoms with van der Waals surface area (Å²) in [6.45, 7) is 1.62. The predicted molar refractivity (Wildman–Crippen MR) is 76.2 cm³/mol. The van der Waals surface area contributed by atoms with Crippen LogP contribution in [-0.2, 0) is 9.59 Å². The van der Waals surface area contributed by atoms with Gasteiger partial charge in [0.25, 0.3) is 5.91 Å². The summed E-state index contributed by atoms with van der Waals surface area (Å²) < 4.78 is 5.47. The molecule has 1 heterocycles. The zero-order valence-electron chi connectivity index (χ0n) is 11.3. The Morgan fingerprint density at radius 3 is 2.76 bits per heavy atom. The molecule has 1 aliphatic heterocycles. The molecule has 7 heteroatoms. The van der Waals surface area contributed by atoms with Gasteiger partial charge in [0, 0.05) is 12.1 Å². The van der Waals surface area contributed by atoms with Crippen molar-refractivity contribution in [3.05, 3.63) is 23.8 Å².